The van der Waals surface area contributed by atoms with Crippen LogP contribution in [0.5, 0.6) is 0 Å². The van der Waals surface area contributed by atoms with Crippen LogP contribution in [0, 0.1) is 6.92 Å². The molecule has 134 valence electrons. The third kappa shape index (κ3) is 4.73. The van der Waals surface area contributed by atoms with Crippen molar-refractivity contribution in [2.45, 2.75) is 13.5 Å². The van der Waals surface area contributed by atoms with Crippen molar-refractivity contribution in [2.24, 2.45) is 7.05 Å². The summed E-state index contributed by atoms with van der Waals surface area (Å²) in [6.07, 6.45) is 2.10. The molecule has 1 aromatic carbocycles. The molecule has 1 aromatic heterocycles. The molecule has 0 bridgehead atoms. The van der Waals surface area contributed by atoms with E-state index in [-0.39, 0.29) is 0 Å². The average Bonchev–Trinajstić information content (AvgIpc) is 2.88. The average molecular weight is 443 g/mol. The summed E-state index contributed by atoms with van der Waals surface area (Å²) in [5, 5.41) is 9.05. The van der Waals surface area contributed by atoms with E-state index in [0.29, 0.717) is 5.02 Å². The summed E-state index contributed by atoms with van der Waals surface area (Å²) in [6.45, 7) is 6.76. The Morgan fingerprint density at radius 1 is 1.32 bits per heavy atom. The molecule has 3 rings (SSSR count). The maximum absolute atomic E-state index is 6.26. The van der Waals surface area contributed by atoms with Crippen molar-refractivity contribution in [3.63, 3.8) is 0 Å². The number of rotatable bonds is 3. The van der Waals surface area contributed by atoms with Crippen LogP contribution >= 0.6 is 39.7 Å². The number of hydrogen-bond donors (Lipinski definition) is 1. The molecule has 0 amide bonds. The second kappa shape index (κ2) is 8.03. The molecule has 1 aliphatic heterocycles. The Morgan fingerprint density at radius 2 is 2.04 bits per heavy atom. The highest BCUT2D eigenvalue weighted by atomic mass is 79.9. The molecular weight excluding hydrogens is 422 g/mol. The van der Waals surface area contributed by atoms with E-state index < -0.39 is 0 Å². The maximum atomic E-state index is 6.26. The van der Waals surface area contributed by atoms with Crippen molar-refractivity contribution < 1.29 is 0 Å². The fraction of sp³-hybridized carbons (Fsp3) is 0.412. The second-order valence-corrected chi connectivity index (χ2v) is 7.94. The fourth-order valence-electron chi connectivity index (χ4n) is 2.94. The minimum atomic E-state index is 0.655. The maximum Gasteiger partial charge on any atom is 0.173 e. The quantitative estimate of drug-likeness (QED) is 0.734. The number of halogens is 2. The van der Waals surface area contributed by atoms with E-state index in [4.69, 9.17) is 23.8 Å². The number of piperazine rings is 1. The summed E-state index contributed by atoms with van der Waals surface area (Å²) in [4.78, 5) is 4.63. The van der Waals surface area contributed by atoms with Crippen LogP contribution in [-0.2, 0) is 13.6 Å². The van der Waals surface area contributed by atoms with E-state index in [9.17, 15) is 0 Å². The molecule has 5 nitrogen and oxygen atoms in total. The minimum Gasteiger partial charge on any atom is -0.346 e. The molecule has 25 heavy (non-hydrogen) atoms. The molecule has 0 saturated carbocycles. The van der Waals surface area contributed by atoms with Gasteiger partial charge in [0.1, 0.15) is 0 Å². The van der Waals surface area contributed by atoms with Crippen LogP contribution in [0.1, 0.15) is 11.3 Å². The Bertz CT molecular complexity index is 770. The molecule has 0 atom stereocenters. The van der Waals surface area contributed by atoms with Crippen LogP contribution in [-0.4, -0.2) is 50.9 Å². The van der Waals surface area contributed by atoms with Gasteiger partial charge in [0, 0.05) is 56.0 Å². The number of nitrogens with one attached hydrogen (secondary N) is 1. The van der Waals surface area contributed by atoms with Crippen LogP contribution in [0.25, 0.3) is 0 Å². The molecule has 1 aliphatic rings. The van der Waals surface area contributed by atoms with Gasteiger partial charge >= 0.3 is 0 Å². The van der Waals surface area contributed by atoms with Crippen LogP contribution in [0.3, 0.4) is 0 Å². The predicted octanol–water partition coefficient (Wildman–Crippen LogP) is 3.66. The number of nitrogens with zero attached hydrogens (tertiary/aromatic N) is 4. The Labute approximate surface area is 167 Å². The summed E-state index contributed by atoms with van der Waals surface area (Å²) < 4.78 is 2.83. The number of aromatic nitrogens is 2. The second-order valence-electron chi connectivity index (χ2n) is 6.23. The summed E-state index contributed by atoms with van der Waals surface area (Å²) in [5.41, 5.74) is 3.23. The lowest BCUT2D eigenvalue weighted by atomic mass is 10.2. The van der Waals surface area contributed by atoms with E-state index in [1.54, 1.807) is 0 Å². The largest absolute Gasteiger partial charge is 0.346 e. The van der Waals surface area contributed by atoms with E-state index in [2.05, 4.69) is 49.3 Å². The standard InChI is InChI=1S/C17H21BrClN5S/c1-12-13(10-22(2)21-12)11-23-5-7-24(8-6-23)17(25)20-16-4-3-14(18)9-15(16)19/h3-4,9-10H,5-8,11H2,1-2H3,(H,20,25). The van der Waals surface area contributed by atoms with Gasteiger partial charge in [0.05, 0.1) is 16.4 Å². The van der Waals surface area contributed by atoms with Gasteiger partial charge in [-0.2, -0.15) is 5.10 Å². The van der Waals surface area contributed by atoms with E-state index >= 15 is 0 Å². The monoisotopic (exact) mass is 441 g/mol. The first-order valence-electron chi connectivity index (χ1n) is 8.15. The Morgan fingerprint density at radius 3 is 2.64 bits per heavy atom. The highest BCUT2D eigenvalue weighted by Crippen LogP contribution is 2.26. The molecule has 8 heteroatoms. The normalized spacial score (nSPS) is 15.4. The van der Waals surface area contributed by atoms with Crippen molar-refractivity contribution in [3.8, 4) is 0 Å². The van der Waals surface area contributed by atoms with Gasteiger partial charge in [-0.1, -0.05) is 27.5 Å². The van der Waals surface area contributed by atoms with Gasteiger partial charge in [0.2, 0.25) is 0 Å². The lowest BCUT2D eigenvalue weighted by molar-refractivity contribution is 0.176. The summed E-state index contributed by atoms with van der Waals surface area (Å²) >= 11 is 15.2. The zero-order valence-corrected chi connectivity index (χ0v) is 17.5. The molecule has 1 fully saturated rings. The van der Waals surface area contributed by atoms with Gasteiger partial charge in [0.25, 0.3) is 0 Å². The van der Waals surface area contributed by atoms with Gasteiger partial charge in [-0.25, -0.2) is 0 Å². The van der Waals surface area contributed by atoms with E-state index in [0.717, 1.165) is 53.7 Å². The van der Waals surface area contributed by atoms with Crippen molar-refractivity contribution in [1.29, 1.82) is 0 Å². The molecule has 0 aliphatic carbocycles. The molecule has 1 N–H and O–H groups in total. The highest BCUT2D eigenvalue weighted by Gasteiger charge is 2.20. The number of hydrogen-bond acceptors (Lipinski definition) is 3. The van der Waals surface area contributed by atoms with Crippen molar-refractivity contribution in [1.82, 2.24) is 19.6 Å². The van der Waals surface area contributed by atoms with Crippen LogP contribution in [0.15, 0.2) is 28.9 Å². The van der Waals surface area contributed by atoms with Gasteiger partial charge in [-0.3, -0.25) is 9.58 Å². The molecule has 1 saturated heterocycles. The lowest BCUT2D eigenvalue weighted by Crippen LogP contribution is -2.49. The topological polar surface area (TPSA) is 36.3 Å². The summed E-state index contributed by atoms with van der Waals surface area (Å²) in [6, 6.07) is 5.74. The zero-order chi connectivity index (χ0) is 18.0. The minimum absolute atomic E-state index is 0.655. The third-order valence-electron chi connectivity index (χ3n) is 4.34. The summed E-state index contributed by atoms with van der Waals surface area (Å²) in [5.74, 6) is 0. The smallest absolute Gasteiger partial charge is 0.173 e. The van der Waals surface area contributed by atoms with Crippen LogP contribution in [0.2, 0.25) is 5.02 Å². The molecule has 2 heterocycles. The van der Waals surface area contributed by atoms with Crippen molar-refractivity contribution in [2.75, 3.05) is 31.5 Å². The van der Waals surface area contributed by atoms with E-state index in [1.807, 2.05) is 29.9 Å². The first-order valence-corrected chi connectivity index (χ1v) is 9.73. The fourth-order valence-corrected chi connectivity index (χ4v) is 3.95. The zero-order valence-electron chi connectivity index (χ0n) is 14.3. The van der Waals surface area contributed by atoms with Gasteiger partial charge in [-0.15, -0.1) is 0 Å². The molecule has 2 aromatic rings. The Balaban J connectivity index is 1.53. The van der Waals surface area contributed by atoms with Crippen LogP contribution in [0.4, 0.5) is 5.69 Å². The number of benzene rings is 1. The molecule has 0 unspecified atom stereocenters. The Kier molecular flexibility index (Phi) is 5.99. The number of thiocarbonyl (C=S) groups is 1. The molecule has 0 radical (unpaired) electrons. The summed E-state index contributed by atoms with van der Waals surface area (Å²) in [7, 11) is 1.96. The first kappa shape index (κ1) is 18.6. The highest BCUT2D eigenvalue weighted by molar-refractivity contribution is 9.10. The predicted molar refractivity (Wildman–Crippen MR) is 110 cm³/mol. The van der Waals surface area contributed by atoms with Crippen LogP contribution < -0.4 is 5.32 Å². The third-order valence-corrected chi connectivity index (χ3v) is 5.51. The Hall–Kier alpha value is -1.15. The van der Waals surface area contributed by atoms with Gasteiger partial charge in [-0.05, 0) is 37.3 Å². The SMILES string of the molecule is Cc1nn(C)cc1CN1CCN(C(=S)Nc2ccc(Br)cc2Cl)CC1. The molecular formula is C17H21BrClN5S. The lowest BCUT2D eigenvalue weighted by Gasteiger charge is -2.36. The van der Waals surface area contributed by atoms with Crippen molar-refractivity contribution >= 4 is 50.5 Å². The number of anilines is 1. The van der Waals surface area contributed by atoms with Gasteiger partial charge in [0.15, 0.2) is 5.11 Å². The van der Waals surface area contributed by atoms with E-state index in [1.165, 1.54) is 5.56 Å². The number of aryl methyl sites for hydroxylation is 2. The molecule has 0 spiro atoms. The van der Waals surface area contributed by atoms with Crippen molar-refractivity contribution in [3.05, 3.63) is 45.1 Å². The first-order chi connectivity index (χ1) is 11.9. The van der Waals surface area contributed by atoms with Gasteiger partial charge < -0.3 is 10.2 Å².